The topological polar surface area (TPSA) is 7.76 Å². The van der Waals surface area contributed by atoms with Gasteiger partial charge in [0, 0.05) is 36.1 Å². The van der Waals surface area contributed by atoms with Crippen molar-refractivity contribution in [1.82, 2.24) is 0 Å². The first-order chi connectivity index (χ1) is 19.9. The molecule has 4 bridgehead atoms. The number of hydrogen-bond donors (Lipinski definition) is 0. The van der Waals surface area contributed by atoms with Crippen molar-refractivity contribution >= 4 is 0 Å². The Morgan fingerprint density at radius 2 is 0.725 bits per heavy atom. The number of rotatable bonds is 0. The van der Waals surface area contributed by atoms with Crippen LogP contribution in [-0.4, -0.2) is 0 Å². The molecule has 0 saturated heterocycles. The third kappa shape index (κ3) is 16.1. The van der Waals surface area contributed by atoms with Crippen molar-refractivity contribution in [2.75, 3.05) is 0 Å². The van der Waals surface area contributed by atoms with Gasteiger partial charge in [-0.05, 0) is 102 Å². The largest absolute Gasteiger partial charge is 0.205 e. The van der Waals surface area contributed by atoms with E-state index < -0.39 is 0 Å². The first-order valence-electron chi connectivity index (χ1n) is 17.2. The van der Waals surface area contributed by atoms with Gasteiger partial charge in [-0.25, -0.2) is 9.13 Å². The highest BCUT2D eigenvalue weighted by atomic mass is 14.9. The van der Waals surface area contributed by atoms with Crippen molar-refractivity contribution in [3.8, 4) is 0 Å². The average Bonchev–Trinajstić information content (AvgIpc) is 2.97. The first-order valence-corrected chi connectivity index (χ1v) is 17.2. The minimum Gasteiger partial charge on any atom is -0.205 e. The van der Waals surface area contributed by atoms with Crippen LogP contribution in [0.5, 0.6) is 0 Å². The maximum Gasteiger partial charge on any atom is 0.171 e. The molecule has 0 fully saturated rings. The zero-order valence-electron chi connectivity index (χ0n) is 25.8. The molecule has 0 unspecified atom stereocenters. The number of nitrogens with zero attached hydrogens (tertiary/aromatic N) is 2. The summed E-state index contributed by atoms with van der Waals surface area (Å²) in [6.07, 6.45) is 48.0. The lowest BCUT2D eigenvalue weighted by molar-refractivity contribution is -0.697. The van der Waals surface area contributed by atoms with E-state index >= 15 is 0 Å². The molecule has 40 heavy (non-hydrogen) atoms. The van der Waals surface area contributed by atoms with Gasteiger partial charge >= 0.3 is 0 Å². The molecule has 1 aliphatic rings. The number of fused-ring (bicyclic) bond motifs is 4. The van der Waals surface area contributed by atoms with Gasteiger partial charge in [-0.3, -0.25) is 0 Å². The van der Waals surface area contributed by atoms with Crippen LogP contribution in [0, 0.1) is 0 Å². The fraction of sp³-hybridized carbons (Fsp3) is 0.632. The van der Waals surface area contributed by atoms with E-state index in [1.165, 1.54) is 165 Å². The molecular weight excluding hydrogens is 484 g/mol. The number of pyridine rings is 2. The smallest absolute Gasteiger partial charge is 0.171 e. The summed E-state index contributed by atoms with van der Waals surface area (Å²) >= 11 is 0. The zero-order chi connectivity index (χ0) is 27.8. The molecule has 2 nitrogen and oxygen atoms in total. The first kappa shape index (κ1) is 32.3. The summed E-state index contributed by atoms with van der Waals surface area (Å²) < 4.78 is 4.84. The normalized spacial score (nSPS) is 21.0. The van der Waals surface area contributed by atoms with Gasteiger partial charge < -0.3 is 0 Å². The van der Waals surface area contributed by atoms with Crippen molar-refractivity contribution in [2.45, 2.75) is 154 Å². The summed E-state index contributed by atoms with van der Waals surface area (Å²) in [5, 5.41) is 0. The van der Waals surface area contributed by atoms with Gasteiger partial charge in [-0.1, -0.05) is 62.8 Å². The van der Waals surface area contributed by atoms with E-state index in [2.05, 4.69) is 82.5 Å². The van der Waals surface area contributed by atoms with Gasteiger partial charge in [0.05, 0.1) is 0 Å². The Morgan fingerprint density at radius 3 is 1.12 bits per heavy atom. The summed E-state index contributed by atoms with van der Waals surface area (Å²) in [7, 11) is 0. The summed E-state index contributed by atoms with van der Waals surface area (Å²) in [4.78, 5) is 0. The SMILES string of the molecule is C1=C/CCCCCC[n+]2cccc(c2)CCCCCC/C=C/CCCCCC[n+]2cccc(c2)CCCCCC/1. The van der Waals surface area contributed by atoms with Crippen LogP contribution >= 0.6 is 0 Å². The van der Waals surface area contributed by atoms with Crippen LogP contribution in [0.3, 0.4) is 0 Å². The van der Waals surface area contributed by atoms with E-state index in [-0.39, 0.29) is 0 Å². The third-order valence-corrected chi connectivity index (χ3v) is 8.42. The predicted octanol–water partition coefficient (Wildman–Crippen LogP) is 9.97. The Labute approximate surface area is 247 Å². The Morgan fingerprint density at radius 1 is 0.375 bits per heavy atom. The van der Waals surface area contributed by atoms with Gasteiger partial charge in [-0.2, -0.15) is 0 Å². The van der Waals surface area contributed by atoms with Crippen LogP contribution < -0.4 is 9.13 Å². The predicted molar refractivity (Wildman–Crippen MR) is 171 cm³/mol. The van der Waals surface area contributed by atoms with E-state index in [0.717, 1.165) is 0 Å². The highest BCUT2D eigenvalue weighted by Gasteiger charge is 2.04. The Bertz CT molecular complexity index is 800. The van der Waals surface area contributed by atoms with Gasteiger partial charge in [0.1, 0.15) is 13.1 Å². The summed E-state index contributed by atoms with van der Waals surface area (Å²) in [5.74, 6) is 0. The van der Waals surface area contributed by atoms with Gasteiger partial charge in [0.15, 0.2) is 24.8 Å². The molecule has 0 aliphatic carbocycles. The van der Waals surface area contributed by atoms with Crippen LogP contribution in [0.25, 0.3) is 0 Å². The van der Waals surface area contributed by atoms with E-state index in [0.29, 0.717) is 0 Å². The van der Waals surface area contributed by atoms with Crippen molar-refractivity contribution in [2.24, 2.45) is 0 Å². The second-order valence-corrected chi connectivity index (χ2v) is 12.2. The van der Waals surface area contributed by atoms with Crippen LogP contribution in [0.2, 0.25) is 0 Å². The molecule has 0 atom stereocenters. The lowest BCUT2D eigenvalue weighted by Gasteiger charge is -2.03. The minimum absolute atomic E-state index is 1.17. The molecule has 2 heteroatoms. The Kier molecular flexibility index (Phi) is 18.1. The van der Waals surface area contributed by atoms with Crippen molar-refractivity contribution in [3.63, 3.8) is 0 Å². The highest BCUT2D eigenvalue weighted by Crippen LogP contribution is 2.12. The van der Waals surface area contributed by atoms with E-state index in [1.54, 1.807) is 0 Å². The summed E-state index contributed by atoms with van der Waals surface area (Å²) in [5.41, 5.74) is 3.02. The van der Waals surface area contributed by atoms with Crippen LogP contribution in [0.15, 0.2) is 73.4 Å². The lowest BCUT2D eigenvalue weighted by Crippen LogP contribution is -2.33. The standard InChI is InChI=1S/C38H60N2/c1-3-7-11-15-19-23-31-39-33-26-30-38(36-39)28-22-18-14-10-6-2-4-8-12-16-20-24-32-40-34-25-29-37(35-40)27-21-17-13-9-5-1/h1-4,25-26,29-30,33-36H,5-24,27-28,31-32H2/q+2/b3-1+,4-2+. The highest BCUT2D eigenvalue weighted by molar-refractivity contribution is 5.06. The summed E-state index contributed by atoms with van der Waals surface area (Å²) in [6.45, 7) is 2.33. The molecule has 0 N–H and O–H groups in total. The molecule has 0 spiro atoms. The van der Waals surface area contributed by atoms with Crippen molar-refractivity contribution < 1.29 is 9.13 Å². The third-order valence-electron chi connectivity index (χ3n) is 8.42. The van der Waals surface area contributed by atoms with Crippen LogP contribution in [0.4, 0.5) is 0 Å². The number of aromatic nitrogens is 2. The molecule has 0 aromatic carbocycles. The Balaban J connectivity index is 1.36. The second kappa shape index (κ2) is 22.5. The fourth-order valence-electron chi connectivity index (χ4n) is 5.91. The molecular formula is C38H60N2+2. The van der Waals surface area contributed by atoms with Crippen LogP contribution in [-0.2, 0) is 25.9 Å². The zero-order valence-corrected chi connectivity index (χ0v) is 25.8. The van der Waals surface area contributed by atoms with Crippen molar-refractivity contribution in [3.05, 3.63) is 84.5 Å². The van der Waals surface area contributed by atoms with Crippen LogP contribution in [0.1, 0.15) is 140 Å². The maximum absolute atomic E-state index is 2.43. The number of aryl methyl sites for hydroxylation is 4. The van der Waals surface area contributed by atoms with Gasteiger partial charge in [-0.15, -0.1) is 0 Å². The summed E-state index contributed by atoms with van der Waals surface area (Å²) in [6, 6.07) is 9.13. The quantitative estimate of drug-likeness (QED) is 0.230. The molecule has 0 amide bonds. The molecule has 3 rings (SSSR count). The van der Waals surface area contributed by atoms with Crippen molar-refractivity contribution in [1.29, 1.82) is 0 Å². The fourth-order valence-corrected chi connectivity index (χ4v) is 5.91. The van der Waals surface area contributed by atoms with Gasteiger partial charge in [0.25, 0.3) is 0 Å². The minimum atomic E-state index is 1.17. The maximum atomic E-state index is 2.43. The van der Waals surface area contributed by atoms with E-state index in [1.807, 2.05) is 0 Å². The molecule has 0 radical (unpaired) electrons. The molecule has 2 aromatic heterocycles. The molecule has 220 valence electrons. The number of hydrogen-bond acceptors (Lipinski definition) is 0. The monoisotopic (exact) mass is 544 g/mol. The molecule has 2 aromatic rings. The second-order valence-electron chi connectivity index (χ2n) is 12.2. The molecule has 3 heterocycles. The average molecular weight is 545 g/mol. The molecule has 1 aliphatic heterocycles. The lowest BCUT2D eigenvalue weighted by atomic mass is 10.1. The van der Waals surface area contributed by atoms with E-state index in [4.69, 9.17) is 0 Å². The van der Waals surface area contributed by atoms with Gasteiger partial charge in [0.2, 0.25) is 0 Å². The van der Waals surface area contributed by atoms with E-state index in [9.17, 15) is 0 Å². The number of allylic oxidation sites excluding steroid dienone is 4. The Hall–Kier alpha value is -2.22. The molecule has 0 saturated carbocycles.